The summed E-state index contributed by atoms with van der Waals surface area (Å²) in [6, 6.07) is 5.17. The van der Waals surface area contributed by atoms with Gasteiger partial charge in [0, 0.05) is 24.1 Å². The van der Waals surface area contributed by atoms with Crippen LogP contribution in [0.5, 0.6) is 0 Å². The third-order valence-corrected chi connectivity index (χ3v) is 6.32. The molecule has 3 N–H and O–H groups in total. The summed E-state index contributed by atoms with van der Waals surface area (Å²) in [5, 5.41) is 0. The summed E-state index contributed by atoms with van der Waals surface area (Å²) in [4.78, 5) is 2.60. The molecule has 1 fully saturated rings. The molecule has 0 aromatic heterocycles. The van der Waals surface area contributed by atoms with E-state index in [2.05, 4.69) is 32.5 Å². The van der Waals surface area contributed by atoms with E-state index in [0.29, 0.717) is 23.5 Å². The summed E-state index contributed by atoms with van der Waals surface area (Å²) in [7, 11) is -3.51. The van der Waals surface area contributed by atoms with E-state index in [9.17, 15) is 8.42 Å². The first-order chi connectivity index (χ1) is 9.96. The number of likely N-dealkylation sites (tertiary alicyclic amines) is 1. The van der Waals surface area contributed by atoms with Gasteiger partial charge in [0.1, 0.15) is 0 Å². The second kappa shape index (κ2) is 7.19. The predicted molar refractivity (Wildman–Crippen MR) is 87.4 cm³/mol. The predicted octanol–water partition coefficient (Wildman–Crippen LogP) is 1.53. The molecule has 0 amide bonds. The van der Waals surface area contributed by atoms with Crippen LogP contribution < -0.4 is 10.5 Å². The number of nitrogens with two attached hydrogens (primary N) is 1. The van der Waals surface area contributed by atoms with Crippen molar-refractivity contribution in [1.29, 1.82) is 0 Å². The lowest BCUT2D eigenvalue weighted by Crippen LogP contribution is -2.31. The minimum atomic E-state index is -3.51. The number of halogens is 1. The quantitative estimate of drug-likeness (QED) is 0.790. The van der Waals surface area contributed by atoms with E-state index in [4.69, 9.17) is 5.73 Å². The molecular formula is C14H22BrN3O2S. The topological polar surface area (TPSA) is 75.4 Å². The second-order valence-electron chi connectivity index (χ2n) is 5.37. The normalized spacial score (nSPS) is 20.0. The molecule has 1 aliphatic heterocycles. The van der Waals surface area contributed by atoms with Crippen molar-refractivity contribution in [3.8, 4) is 0 Å². The fraction of sp³-hybridized carbons (Fsp3) is 0.571. The lowest BCUT2D eigenvalue weighted by Gasteiger charge is -2.15. The summed E-state index contributed by atoms with van der Waals surface area (Å²) < 4.78 is 28.2. The molecule has 0 aliphatic carbocycles. The van der Waals surface area contributed by atoms with Gasteiger partial charge < -0.3 is 10.6 Å². The van der Waals surface area contributed by atoms with Crippen LogP contribution >= 0.6 is 15.9 Å². The van der Waals surface area contributed by atoms with Crippen LogP contribution in [-0.4, -0.2) is 39.5 Å². The molecule has 7 heteroatoms. The maximum Gasteiger partial charge on any atom is 0.241 e. The molecular weight excluding hydrogens is 354 g/mol. The van der Waals surface area contributed by atoms with Gasteiger partial charge in [-0.05, 0) is 59.1 Å². The van der Waals surface area contributed by atoms with Gasteiger partial charge in [-0.25, -0.2) is 13.1 Å². The maximum absolute atomic E-state index is 12.4. The number of hydrogen-bond acceptors (Lipinski definition) is 4. The Morgan fingerprint density at radius 1 is 1.48 bits per heavy atom. The van der Waals surface area contributed by atoms with Gasteiger partial charge in [0.15, 0.2) is 0 Å². The van der Waals surface area contributed by atoms with E-state index in [1.807, 2.05) is 6.07 Å². The molecule has 5 nitrogen and oxygen atoms in total. The molecule has 0 spiro atoms. The lowest BCUT2D eigenvalue weighted by atomic mass is 10.1. The summed E-state index contributed by atoms with van der Waals surface area (Å²) >= 11 is 3.30. The lowest BCUT2D eigenvalue weighted by molar-refractivity contribution is 0.342. The minimum absolute atomic E-state index is 0.260. The molecule has 0 bridgehead atoms. The van der Waals surface area contributed by atoms with E-state index in [1.54, 1.807) is 12.1 Å². The fourth-order valence-corrected chi connectivity index (χ4v) is 4.68. The minimum Gasteiger partial charge on any atom is -0.326 e. The van der Waals surface area contributed by atoms with Gasteiger partial charge in [0.05, 0.1) is 4.90 Å². The Morgan fingerprint density at radius 3 is 2.86 bits per heavy atom. The van der Waals surface area contributed by atoms with E-state index < -0.39 is 10.0 Å². The Bertz CT molecular complexity index is 592. The first kappa shape index (κ1) is 16.9. The third kappa shape index (κ3) is 4.26. The van der Waals surface area contributed by atoms with Gasteiger partial charge >= 0.3 is 0 Å². The van der Waals surface area contributed by atoms with Gasteiger partial charge in [-0.2, -0.15) is 0 Å². The van der Waals surface area contributed by atoms with Crippen LogP contribution in [0.25, 0.3) is 0 Å². The molecule has 118 valence electrons. The largest absolute Gasteiger partial charge is 0.326 e. The highest BCUT2D eigenvalue weighted by atomic mass is 79.9. The van der Waals surface area contributed by atoms with Crippen molar-refractivity contribution in [1.82, 2.24) is 9.62 Å². The molecule has 21 heavy (non-hydrogen) atoms. The smallest absolute Gasteiger partial charge is 0.241 e. The number of sulfonamides is 1. The first-order valence-electron chi connectivity index (χ1n) is 7.16. The molecule has 1 unspecified atom stereocenters. The van der Waals surface area contributed by atoms with E-state index in [1.165, 1.54) is 0 Å². The van der Waals surface area contributed by atoms with Crippen LogP contribution in [0.1, 0.15) is 18.9 Å². The Hall–Kier alpha value is -0.470. The molecule has 1 atom stereocenters. The molecule has 2 rings (SSSR count). The van der Waals surface area contributed by atoms with Crippen LogP contribution in [0.3, 0.4) is 0 Å². The Balaban J connectivity index is 2.05. The number of hydrogen-bond donors (Lipinski definition) is 2. The van der Waals surface area contributed by atoms with Gasteiger partial charge in [0.2, 0.25) is 10.0 Å². The Morgan fingerprint density at radius 2 is 2.24 bits per heavy atom. The molecule has 1 saturated heterocycles. The third-order valence-electron chi connectivity index (χ3n) is 3.90. The van der Waals surface area contributed by atoms with E-state index in [-0.39, 0.29) is 4.90 Å². The average Bonchev–Trinajstić information content (AvgIpc) is 2.94. The number of nitrogens with zero attached hydrogens (tertiary/aromatic N) is 1. The number of nitrogens with one attached hydrogen (secondary N) is 1. The first-order valence-corrected chi connectivity index (χ1v) is 9.44. The molecule has 1 aliphatic rings. The highest BCUT2D eigenvalue weighted by Gasteiger charge is 2.24. The zero-order valence-electron chi connectivity index (χ0n) is 12.2. The van der Waals surface area contributed by atoms with Crippen LogP contribution in [0.2, 0.25) is 0 Å². The maximum atomic E-state index is 12.4. The average molecular weight is 376 g/mol. The SMILES string of the molecule is CCN1CCC(CNS(=O)(=O)c2cc(CN)ccc2Br)C1. The van der Waals surface area contributed by atoms with Crippen LogP contribution in [-0.2, 0) is 16.6 Å². The van der Waals surface area contributed by atoms with E-state index in [0.717, 1.165) is 31.6 Å². The van der Waals surface area contributed by atoms with Gasteiger partial charge in [-0.3, -0.25) is 0 Å². The molecule has 1 aromatic carbocycles. The molecule has 0 radical (unpaired) electrons. The highest BCUT2D eigenvalue weighted by molar-refractivity contribution is 9.10. The van der Waals surface area contributed by atoms with Crippen molar-refractivity contribution in [3.05, 3.63) is 28.2 Å². The summed E-state index contributed by atoms with van der Waals surface area (Å²) in [6.45, 7) is 5.97. The van der Waals surface area contributed by atoms with Crippen molar-refractivity contribution in [2.45, 2.75) is 24.8 Å². The number of rotatable bonds is 6. The van der Waals surface area contributed by atoms with Crippen molar-refractivity contribution >= 4 is 26.0 Å². The van der Waals surface area contributed by atoms with Crippen molar-refractivity contribution in [3.63, 3.8) is 0 Å². The van der Waals surface area contributed by atoms with Gasteiger partial charge in [-0.1, -0.05) is 13.0 Å². The van der Waals surface area contributed by atoms with Gasteiger partial charge in [0.25, 0.3) is 0 Å². The van der Waals surface area contributed by atoms with Crippen molar-refractivity contribution in [2.24, 2.45) is 11.7 Å². The fourth-order valence-electron chi connectivity index (χ4n) is 2.55. The van der Waals surface area contributed by atoms with Crippen molar-refractivity contribution in [2.75, 3.05) is 26.2 Å². The summed E-state index contributed by atoms with van der Waals surface area (Å²) in [5.74, 6) is 0.385. The van der Waals surface area contributed by atoms with Crippen LogP contribution in [0.15, 0.2) is 27.6 Å². The highest BCUT2D eigenvalue weighted by Crippen LogP contribution is 2.23. The van der Waals surface area contributed by atoms with E-state index >= 15 is 0 Å². The monoisotopic (exact) mass is 375 g/mol. The summed E-state index contributed by atoms with van der Waals surface area (Å²) in [6.07, 6.45) is 1.04. The summed E-state index contributed by atoms with van der Waals surface area (Å²) in [5.41, 5.74) is 6.38. The van der Waals surface area contributed by atoms with Crippen LogP contribution in [0, 0.1) is 5.92 Å². The zero-order chi connectivity index (χ0) is 15.5. The van der Waals surface area contributed by atoms with Crippen molar-refractivity contribution < 1.29 is 8.42 Å². The zero-order valence-corrected chi connectivity index (χ0v) is 14.6. The number of benzene rings is 1. The van der Waals surface area contributed by atoms with Gasteiger partial charge in [-0.15, -0.1) is 0 Å². The second-order valence-corrected chi connectivity index (χ2v) is 7.96. The molecule has 1 heterocycles. The Labute approximate surface area is 135 Å². The molecule has 0 saturated carbocycles. The van der Waals surface area contributed by atoms with Crippen LogP contribution in [0.4, 0.5) is 0 Å². The molecule has 1 aromatic rings. The standard InChI is InChI=1S/C14H22BrN3O2S/c1-2-18-6-5-12(10-18)9-17-21(19,20)14-7-11(8-16)3-4-13(14)15/h3-4,7,12,17H,2,5-6,8-10,16H2,1H3. The Kier molecular flexibility index (Phi) is 5.79.